The van der Waals surface area contributed by atoms with Gasteiger partial charge in [-0.05, 0) is 115 Å². The molecule has 8 aromatic carbocycles. The monoisotopic (exact) mass is 652 g/mol. The van der Waals surface area contributed by atoms with Gasteiger partial charge in [0.05, 0.1) is 0 Å². The number of allylic oxidation sites excluding steroid dienone is 1. The molecule has 10 aromatic rings. The van der Waals surface area contributed by atoms with Crippen LogP contribution in [-0.2, 0) is 0 Å². The molecule has 0 atom stereocenters. The number of furan rings is 2. The van der Waals surface area contributed by atoms with Crippen molar-refractivity contribution in [1.82, 2.24) is 0 Å². The van der Waals surface area contributed by atoms with Gasteiger partial charge in [0.15, 0.2) is 0 Å². The Balaban J connectivity index is 1.14. The molecule has 2 nitrogen and oxygen atoms in total. The van der Waals surface area contributed by atoms with Gasteiger partial charge in [-0.2, -0.15) is 0 Å². The Morgan fingerprint density at radius 3 is 1.51 bits per heavy atom. The summed E-state index contributed by atoms with van der Waals surface area (Å²) in [5, 5.41) is 9.39. The van der Waals surface area contributed by atoms with Crippen molar-refractivity contribution in [2.24, 2.45) is 0 Å². The minimum Gasteiger partial charge on any atom is -0.456 e. The summed E-state index contributed by atoms with van der Waals surface area (Å²) in [5.74, 6) is 0. The third kappa shape index (κ3) is 4.57. The Kier molecular flexibility index (Phi) is 6.59. The van der Waals surface area contributed by atoms with Gasteiger partial charge in [-0.15, -0.1) is 0 Å². The predicted octanol–water partition coefficient (Wildman–Crippen LogP) is 14.5. The highest BCUT2D eigenvalue weighted by Gasteiger charge is 2.18. The molecule has 0 aliphatic rings. The lowest BCUT2D eigenvalue weighted by atomic mass is 9.85. The van der Waals surface area contributed by atoms with Crippen LogP contribution in [0.5, 0.6) is 0 Å². The van der Waals surface area contributed by atoms with Crippen molar-refractivity contribution in [1.29, 1.82) is 0 Å². The molecule has 0 bridgehead atoms. The maximum Gasteiger partial charge on any atom is 0.136 e. The van der Waals surface area contributed by atoms with Gasteiger partial charge < -0.3 is 8.83 Å². The summed E-state index contributed by atoms with van der Waals surface area (Å²) in [7, 11) is 0. The minimum atomic E-state index is 0.881. The molecule has 0 spiro atoms. The summed E-state index contributed by atoms with van der Waals surface area (Å²) in [6.45, 7) is 6.11. The number of para-hydroxylation sites is 1. The van der Waals surface area contributed by atoms with E-state index in [4.69, 9.17) is 8.83 Å². The van der Waals surface area contributed by atoms with E-state index in [0.717, 1.165) is 55.0 Å². The quantitative estimate of drug-likeness (QED) is 0.173. The van der Waals surface area contributed by atoms with E-state index in [1.54, 1.807) is 0 Å². The van der Waals surface area contributed by atoms with Gasteiger partial charge in [0.25, 0.3) is 0 Å². The molecule has 0 aliphatic heterocycles. The van der Waals surface area contributed by atoms with Crippen molar-refractivity contribution in [3.05, 3.63) is 169 Å². The van der Waals surface area contributed by atoms with Crippen molar-refractivity contribution in [3.8, 4) is 33.4 Å². The van der Waals surface area contributed by atoms with Crippen LogP contribution in [0.1, 0.15) is 18.1 Å². The van der Waals surface area contributed by atoms with Gasteiger partial charge in [-0.1, -0.05) is 128 Å². The zero-order chi connectivity index (χ0) is 34.1. The van der Waals surface area contributed by atoms with Gasteiger partial charge in [0.2, 0.25) is 0 Å². The summed E-state index contributed by atoms with van der Waals surface area (Å²) >= 11 is 0. The van der Waals surface area contributed by atoms with Crippen molar-refractivity contribution >= 4 is 77.6 Å². The first-order valence-electron chi connectivity index (χ1n) is 17.4. The lowest BCUT2D eigenvalue weighted by molar-refractivity contribution is 0.668. The maximum absolute atomic E-state index is 6.39. The summed E-state index contributed by atoms with van der Waals surface area (Å²) in [6.07, 6.45) is 6.07. The Hall–Kier alpha value is -6.64. The molecule has 2 aromatic heterocycles. The van der Waals surface area contributed by atoms with Crippen molar-refractivity contribution in [3.63, 3.8) is 0 Å². The molecule has 0 radical (unpaired) electrons. The Labute approximate surface area is 295 Å². The third-order valence-corrected chi connectivity index (χ3v) is 10.3. The molecule has 2 heteroatoms. The van der Waals surface area contributed by atoms with Crippen LogP contribution in [-0.4, -0.2) is 0 Å². The van der Waals surface area contributed by atoms with E-state index in [1.165, 1.54) is 54.9 Å². The van der Waals surface area contributed by atoms with E-state index >= 15 is 0 Å². The molecule has 0 unspecified atom stereocenters. The number of rotatable bonds is 5. The first-order valence-corrected chi connectivity index (χ1v) is 17.4. The van der Waals surface area contributed by atoms with Gasteiger partial charge in [-0.25, -0.2) is 0 Å². The lowest BCUT2D eigenvalue weighted by Crippen LogP contribution is -1.91. The molecule has 2 heterocycles. The Morgan fingerprint density at radius 1 is 0.392 bits per heavy atom. The molecule has 10 rings (SSSR count). The van der Waals surface area contributed by atoms with Gasteiger partial charge in [-0.3, -0.25) is 0 Å². The standard InChI is InChI=1S/C49H32O2/c1-3-11-33-29-47-43(26-30(33)4-2)42-28-35(23-25-46(42)51-47)49-39-15-7-5-13-37(39)48(38-14-6-8-16-40(38)49)32-20-18-31(19-21-32)34-22-24-45-41(27-34)36-12-9-10-17-44(36)50-45/h3-29H,2H2,1H3/b11-3-. The number of benzene rings is 8. The summed E-state index contributed by atoms with van der Waals surface area (Å²) < 4.78 is 12.5. The van der Waals surface area contributed by atoms with Crippen LogP contribution in [0.3, 0.4) is 0 Å². The average Bonchev–Trinajstić information content (AvgIpc) is 3.73. The molecule has 240 valence electrons. The normalized spacial score (nSPS) is 12.0. The van der Waals surface area contributed by atoms with E-state index in [0.29, 0.717) is 0 Å². The van der Waals surface area contributed by atoms with Crippen molar-refractivity contribution < 1.29 is 8.83 Å². The molecule has 0 fully saturated rings. The fraction of sp³-hybridized carbons (Fsp3) is 0.0204. The van der Waals surface area contributed by atoms with Crippen LogP contribution in [0.25, 0.3) is 111 Å². The maximum atomic E-state index is 6.39. The Morgan fingerprint density at radius 2 is 0.863 bits per heavy atom. The fourth-order valence-electron chi connectivity index (χ4n) is 8.00. The number of hydrogen-bond donors (Lipinski definition) is 0. The topological polar surface area (TPSA) is 26.3 Å². The molecule has 51 heavy (non-hydrogen) atoms. The van der Waals surface area contributed by atoms with Crippen LogP contribution < -0.4 is 0 Å². The zero-order valence-corrected chi connectivity index (χ0v) is 28.1. The SMILES string of the molecule is C=Cc1cc2c(cc1/C=C\C)oc1ccc(-c3c4ccccc4c(-c4ccc(-c5ccc6oc7ccccc7c6c5)cc4)c4ccccc34)cc12. The van der Waals surface area contributed by atoms with E-state index in [2.05, 4.69) is 146 Å². The Bertz CT molecular complexity index is 2980. The van der Waals surface area contributed by atoms with Crippen LogP contribution in [0.4, 0.5) is 0 Å². The highest BCUT2D eigenvalue weighted by atomic mass is 16.3. The largest absolute Gasteiger partial charge is 0.456 e. The zero-order valence-electron chi connectivity index (χ0n) is 28.1. The first kappa shape index (κ1) is 29.3. The predicted molar refractivity (Wildman–Crippen MR) is 217 cm³/mol. The van der Waals surface area contributed by atoms with Crippen LogP contribution >= 0.6 is 0 Å². The molecular formula is C49H32O2. The van der Waals surface area contributed by atoms with E-state index in [1.807, 2.05) is 31.2 Å². The molecule has 0 saturated carbocycles. The molecule has 0 aliphatic carbocycles. The molecule has 0 N–H and O–H groups in total. The van der Waals surface area contributed by atoms with E-state index in [9.17, 15) is 0 Å². The highest BCUT2D eigenvalue weighted by molar-refractivity contribution is 6.22. The molecule has 0 saturated heterocycles. The van der Waals surface area contributed by atoms with E-state index < -0.39 is 0 Å². The first-order chi connectivity index (χ1) is 25.2. The highest BCUT2D eigenvalue weighted by Crippen LogP contribution is 2.45. The number of hydrogen-bond acceptors (Lipinski definition) is 2. The third-order valence-electron chi connectivity index (χ3n) is 10.3. The van der Waals surface area contributed by atoms with Crippen LogP contribution in [0.15, 0.2) is 167 Å². The summed E-state index contributed by atoms with van der Waals surface area (Å²) in [5.41, 5.74) is 13.0. The molecular weight excluding hydrogens is 621 g/mol. The summed E-state index contributed by atoms with van der Waals surface area (Å²) in [4.78, 5) is 0. The molecule has 0 amide bonds. The second kappa shape index (κ2) is 11.5. The van der Waals surface area contributed by atoms with Crippen molar-refractivity contribution in [2.75, 3.05) is 0 Å². The van der Waals surface area contributed by atoms with Crippen molar-refractivity contribution in [2.45, 2.75) is 6.92 Å². The second-order valence-corrected chi connectivity index (χ2v) is 13.2. The van der Waals surface area contributed by atoms with Gasteiger partial charge >= 0.3 is 0 Å². The number of fused-ring (bicyclic) bond motifs is 8. The minimum absolute atomic E-state index is 0.881. The smallest absolute Gasteiger partial charge is 0.136 e. The average molecular weight is 653 g/mol. The lowest BCUT2D eigenvalue weighted by Gasteiger charge is -2.18. The van der Waals surface area contributed by atoms with Crippen LogP contribution in [0.2, 0.25) is 0 Å². The summed E-state index contributed by atoms with van der Waals surface area (Å²) in [6, 6.07) is 52.3. The van der Waals surface area contributed by atoms with Gasteiger partial charge in [0, 0.05) is 21.5 Å². The second-order valence-electron chi connectivity index (χ2n) is 13.2. The fourth-order valence-corrected chi connectivity index (χ4v) is 8.00. The van der Waals surface area contributed by atoms with E-state index in [-0.39, 0.29) is 0 Å². The van der Waals surface area contributed by atoms with Crippen LogP contribution in [0, 0.1) is 0 Å². The van der Waals surface area contributed by atoms with Gasteiger partial charge in [0.1, 0.15) is 22.3 Å².